The van der Waals surface area contributed by atoms with Gasteiger partial charge in [0.05, 0.1) is 23.3 Å². The predicted octanol–water partition coefficient (Wildman–Crippen LogP) is 1.76. The maximum atomic E-state index is 12.8. The number of benzene rings is 1. The van der Waals surface area contributed by atoms with Gasteiger partial charge in [-0.3, -0.25) is 19.6 Å². The minimum atomic E-state index is -0.164. The first-order valence-electron chi connectivity index (χ1n) is 10.1. The molecule has 1 amide bonds. The molecule has 1 aliphatic rings. The number of carbonyl (C=O) groups excluding carboxylic acids is 1. The molecule has 4 aromatic rings. The highest BCUT2D eigenvalue weighted by Gasteiger charge is 2.32. The summed E-state index contributed by atoms with van der Waals surface area (Å²) in [6.45, 7) is 5.48. The maximum Gasteiger partial charge on any atom is 0.266 e. The molecule has 0 N–H and O–H groups in total. The molecule has 31 heavy (non-hydrogen) atoms. The largest absolute Gasteiger partial charge is 0.338 e. The number of aryl methyl sites for hydroxylation is 2. The average Bonchev–Trinajstić information content (AvgIpc) is 3.08. The van der Waals surface area contributed by atoms with Gasteiger partial charge in [0.2, 0.25) is 0 Å². The third kappa shape index (κ3) is 3.58. The first kappa shape index (κ1) is 19.1. The highest BCUT2D eigenvalue weighted by molar-refractivity contribution is 5.97. The van der Waals surface area contributed by atoms with Crippen molar-refractivity contribution < 1.29 is 4.79 Å². The van der Waals surface area contributed by atoms with E-state index in [-0.39, 0.29) is 17.4 Å². The van der Waals surface area contributed by atoms with E-state index in [4.69, 9.17) is 0 Å². The summed E-state index contributed by atoms with van der Waals surface area (Å²) in [5, 5.41) is 8.92. The van der Waals surface area contributed by atoms with E-state index in [1.54, 1.807) is 46.2 Å². The van der Waals surface area contributed by atoms with Crippen molar-refractivity contribution in [3.8, 4) is 5.82 Å². The number of likely N-dealkylation sites (tertiary alicyclic amines) is 1. The lowest BCUT2D eigenvalue weighted by atomic mass is 9.98. The number of fused-ring (bicyclic) bond motifs is 1. The van der Waals surface area contributed by atoms with Crippen LogP contribution in [-0.2, 0) is 6.54 Å². The van der Waals surface area contributed by atoms with Crippen molar-refractivity contribution in [3.05, 3.63) is 76.1 Å². The van der Waals surface area contributed by atoms with Crippen LogP contribution in [0.25, 0.3) is 16.9 Å². The van der Waals surface area contributed by atoms with Crippen molar-refractivity contribution in [2.45, 2.75) is 20.4 Å². The van der Waals surface area contributed by atoms with E-state index >= 15 is 0 Å². The van der Waals surface area contributed by atoms with Gasteiger partial charge >= 0.3 is 0 Å². The van der Waals surface area contributed by atoms with Crippen LogP contribution in [0.1, 0.15) is 21.7 Å². The van der Waals surface area contributed by atoms with Gasteiger partial charge in [0.25, 0.3) is 11.5 Å². The number of rotatable bonds is 4. The van der Waals surface area contributed by atoms with Gasteiger partial charge < -0.3 is 4.90 Å². The molecule has 3 aromatic heterocycles. The Morgan fingerprint density at radius 1 is 1.00 bits per heavy atom. The molecule has 4 heterocycles. The molecule has 0 saturated carbocycles. The fourth-order valence-corrected chi connectivity index (χ4v) is 3.92. The molecular weight excluding hydrogens is 394 g/mol. The number of carbonyl (C=O) groups is 1. The summed E-state index contributed by atoms with van der Waals surface area (Å²) < 4.78 is 3.19. The van der Waals surface area contributed by atoms with Crippen LogP contribution in [0.4, 0.5) is 0 Å². The van der Waals surface area contributed by atoms with Crippen LogP contribution >= 0.6 is 0 Å². The van der Waals surface area contributed by atoms with Crippen molar-refractivity contribution in [3.63, 3.8) is 0 Å². The van der Waals surface area contributed by atoms with Crippen LogP contribution in [0, 0.1) is 19.8 Å². The van der Waals surface area contributed by atoms with Gasteiger partial charge in [-0.2, -0.15) is 5.10 Å². The van der Waals surface area contributed by atoms with Gasteiger partial charge in [-0.25, -0.2) is 9.36 Å². The smallest absolute Gasteiger partial charge is 0.266 e. The monoisotopic (exact) mass is 415 g/mol. The Hall–Kier alpha value is -3.88. The Labute approximate surface area is 178 Å². The van der Waals surface area contributed by atoms with E-state index in [1.165, 1.54) is 10.7 Å². The molecule has 156 valence electrons. The summed E-state index contributed by atoms with van der Waals surface area (Å²) in [4.78, 5) is 35.4. The average molecular weight is 415 g/mol. The normalized spacial score (nSPS) is 14.1. The molecule has 9 heteroatoms. The van der Waals surface area contributed by atoms with Crippen LogP contribution in [0.15, 0.2) is 53.6 Å². The third-order valence-electron chi connectivity index (χ3n) is 5.47. The Morgan fingerprint density at radius 2 is 1.77 bits per heavy atom. The van der Waals surface area contributed by atoms with Crippen molar-refractivity contribution in [1.29, 1.82) is 0 Å². The van der Waals surface area contributed by atoms with Gasteiger partial charge in [-0.05, 0) is 44.2 Å². The van der Waals surface area contributed by atoms with Gasteiger partial charge in [0.1, 0.15) is 0 Å². The van der Waals surface area contributed by atoms with Gasteiger partial charge in [-0.15, -0.1) is 5.10 Å². The molecule has 1 saturated heterocycles. The van der Waals surface area contributed by atoms with E-state index in [2.05, 4.69) is 20.2 Å². The first-order chi connectivity index (χ1) is 15.0. The summed E-state index contributed by atoms with van der Waals surface area (Å²) in [5.41, 5.74) is 3.73. The number of nitrogens with zero attached hydrogens (tertiary/aromatic N) is 7. The van der Waals surface area contributed by atoms with Crippen LogP contribution < -0.4 is 5.56 Å². The molecule has 1 aliphatic heterocycles. The summed E-state index contributed by atoms with van der Waals surface area (Å²) >= 11 is 0. The summed E-state index contributed by atoms with van der Waals surface area (Å²) in [7, 11) is 0. The van der Waals surface area contributed by atoms with Crippen LogP contribution in [0.5, 0.6) is 0 Å². The molecule has 0 radical (unpaired) electrons. The Bertz CT molecular complexity index is 1350. The molecule has 0 unspecified atom stereocenters. The lowest BCUT2D eigenvalue weighted by Gasteiger charge is -2.39. The minimum Gasteiger partial charge on any atom is -0.338 e. The lowest BCUT2D eigenvalue weighted by Crippen LogP contribution is -2.52. The van der Waals surface area contributed by atoms with Crippen molar-refractivity contribution in [2.75, 3.05) is 13.1 Å². The summed E-state index contributed by atoms with van der Waals surface area (Å²) in [6.07, 6.45) is 3.24. The Morgan fingerprint density at radius 3 is 2.52 bits per heavy atom. The summed E-state index contributed by atoms with van der Waals surface area (Å²) in [5.74, 6) is 0.736. The molecule has 1 fully saturated rings. The lowest BCUT2D eigenvalue weighted by molar-refractivity contribution is 0.0458. The quantitative estimate of drug-likeness (QED) is 0.504. The molecule has 0 atom stereocenters. The fourth-order valence-electron chi connectivity index (χ4n) is 3.92. The number of hydrogen-bond acceptors (Lipinski definition) is 6. The van der Waals surface area contributed by atoms with Crippen molar-refractivity contribution >= 4 is 16.9 Å². The second-order valence-electron chi connectivity index (χ2n) is 7.89. The molecule has 5 rings (SSSR count). The first-order valence-corrected chi connectivity index (χ1v) is 10.1. The third-order valence-corrected chi connectivity index (χ3v) is 5.47. The topological polar surface area (TPSA) is 98.8 Å². The molecule has 0 bridgehead atoms. The molecule has 9 nitrogen and oxygen atoms in total. The fraction of sp³-hybridized carbons (Fsp3) is 0.273. The van der Waals surface area contributed by atoms with Crippen LogP contribution in [-0.4, -0.2) is 53.4 Å². The summed E-state index contributed by atoms with van der Waals surface area (Å²) in [6, 6.07) is 10.5. The molecule has 0 aliphatic carbocycles. The van der Waals surface area contributed by atoms with Gasteiger partial charge in [0, 0.05) is 48.7 Å². The van der Waals surface area contributed by atoms with E-state index in [0.717, 1.165) is 16.9 Å². The van der Waals surface area contributed by atoms with E-state index in [0.29, 0.717) is 36.5 Å². The van der Waals surface area contributed by atoms with Crippen LogP contribution in [0.2, 0.25) is 0 Å². The second-order valence-corrected chi connectivity index (χ2v) is 7.89. The van der Waals surface area contributed by atoms with E-state index < -0.39 is 0 Å². The minimum absolute atomic E-state index is 0.0412. The number of hydrogen-bond donors (Lipinski definition) is 0. The van der Waals surface area contributed by atoms with Crippen LogP contribution in [0.3, 0.4) is 0 Å². The standard InChI is InChI=1S/C22H21N7O2/c1-14-9-15(2)29(25-14)20-5-6-21(30)28(26-20)13-16-11-27(12-16)22(31)17-3-4-18-19(10-17)24-8-7-23-18/h3-10,16H,11-13H2,1-2H3. The molecular formula is C22H21N7O2. The van der Waals surface area contributed by atoms with E-state index in [1.807, 2.05) is 19.9 Å². The zero-order valence-corrected chi connectivity index (χ0v) is 17.3. The number of aromatic nitrogens is 6. The van der Waals surface area contributed by atoms with Gasteiger partial charge in [0.15, 0.2) is 5.82 Å². The van der Waals surface area contributed by atoms with Crippen molar-refractivity contribution in [2.24, 2.45) is 5.92 Å². The second kappa shape index (κ2) is 7.42. The maximum absolute atomic E-state index is 12.8. The predicted molar refractivity (Wildman–Crippen MR) is 114 cm³/mol. The zero-order chi connectivity index (χ0) is 21.5. The van der Waals surface area contributed by atoms with Crippen molar-refractivity contribution in [1.82, 2.24) is 34.4 Å². The zero-order valence-electron chi connectivity index (χ0n) is 17.3. The van der Waals surface area contributed by atoms with Gasteiger partial charge in [-0.1, -0.05) is 0 Å². The Balaban J connectivity index is 1.28. The SMILES string of the molecule is Cc1cc(C)n(-c2ccc(=O)n(CC3CN(C(=O)c4ccc5nccnc5c4)C3)n2)n1. The molecule has 1 aromatic carbocycles. The highest BCUT2D eigenvalue weighted by Crippen LogP contribution is 2.21. The number of amides is 1. The molecule has 0 spiro atoms. The Kier molecular flexibility index (Phi) is 4.58. The van der Waals surface area contributed by atoms with E-state index in [9.17, 15) is 9.59 Å². The highest BCUT2D eigenvalue weighted by atomic mass is 16.2.